The average Bonchev–Trinajstić information content (AvgIpc) is 2.77. The van der Waals surface area contributed by atoms with Crippen molar-refractivity contribution in [3.63, 3.8) is 0 Å². The molecule has 0 aliphatic rings. The Morgan fingerprint density at radius 1 is 1.21 bits per heavy atom. The Bertz CT molecular complexity index is 510. The molecule has 1 unspecified atom stereocenters. The van der Waals surface area contributed by atoms with Gasteiger partial charge in [-0.05, 0) is 12.1 Å². The van der Waals surface area contributed by atoms with Gasteiger partial charge in [0.2, 0.25) is 0 Å². The molecule has 104 valence electrons. The largest absolute Gasteiger partial charge is 0.390 e. The maximum Gasteiger partial charge on any atom is 0.390 e. The fourth-order valence-corrected chi connectivity index (χ4v) is 1.62. The molecule has 2 rings (SSSR count). The van der Waals surface area contributed by atoms with Crippen LogP contribution in [0.4, 0.5) is 13.2 Å². The third kappa shape index (κ3) is 4.25. The zero-order valence-corrected chi connectivity index (χ0v) is 10.7. The van der Waals surface area contributed by atoms with Crippen molar-refractivity contribution < 1.29 is 13.2 Å². The lowest BCUT2D eigenvalue weighted by Gasteiger charge is -2.11. The lowest BCUT2D eigenvalue weighted by atomic mass is 10.1. The van der Waals surface area contributed by atoms with Crippen LogP contribution in [-0.2, 0) is 0 Å². The minimum atomic E-state index is -4.27. The third-order valence-corrected chi connectivity index (χ3v) is 2.50. The van der Waals surface area contributed by atoms with Gasteiger partial charge in [-0.15, -0.1) is 12.4 Å². The molecule has 0 aliphatic heterocycles. The standard InChI is InChI=1S/C12H12F3N3.ClH/c13-12(14,15)6-11(16)9-7-17-18(8-9)10-4-2-1-3-5-10;/h1-5,7-8,11H,6,16H2;1H. The highest BCUT2D eigenvalue weighted by atomic mass is 35.5. The van der Waals surface area contributed by atoms with Crippen LogP contribution in [0.5, 0.6) is 0 Å². The molecule has 2 aromatic rings. The summed E-state index contributed by atoms with van der Waals surface area (Å²) in [6.07, 6.45) is -2.43. The minimum Gasteiger partial charge on any atom is -0.324 e. The molecular formula is C12H13ClF3N3. The topological polar surface area (TPSA) is 43.8 Å². The number of alkyl halides is 3. The fraction of sp³-hybridized carbons (Fsp3) is 0.250. The Morgan fingerprint density at radius 3 is 2.42 bits per heavy atom. The summed E-state index contributed by atoms with van der Waals surface area (Å²) in [4.78, 5) is 0. The quantitative estimate of drug-likeness (QED) is 0.943. The highest BCUT2D eigenvalue weighted by Gasteiger charge is 2.31. The van der Waals surface area contributed by atoms with E-state index in [1.165, 1.54) is 17.1 Å². The first-order chi connectivity index (χ1) is 8.46. The number of hydrogen-bond acceptors (Lipinski definition) is 2. The van der Waals surface area contributed by atoms with E-state index in [2.05, 4.69) is 5.10 Å². The van der Waals surface area contributed by atoms with Crippen molar-refractivity contribution >= 4 is 12.4 Å². The van der Waals surface area contributed by atoms with E-state index in [0.29, 0.717) is 5.56 Å². The van der Waals surface area contributed by atoms with E-state index in [4.69, 9.17) is 5.73 Å². The van der Waals surface area contributed by atoms with E-state index < -0.39 is 18.6 Å². The molecule has 0 aliphatic carbocycles. The minimum absolute atomic E-state index is 0. The molecule has 0 radical (unpaired) electrons. The molecule has 2 N–H and O–H groups in total. The highest BCUT2D eigenvalue weighted by molar-refractivity contribution is 5.85. The molecule has 0 amide bonds. The normalized spacial score (nSPS) is 12.8. The number of nitrogens with two attached hydrogens (primary N) is 1. The Morgan fingerprint density at radius 2 is 1.84 bits per heavy atom. The van der Waals surface area contributed by atoms with Gasteiger partial charge in [0, 0.05) is 17.8 Å². The van der Waals surface area contributed by atoms with Gasteiger partial charge in [-0.25, -0.2) is 4.68 Å². The molecule has 0 fully saturated rings. The molecule has 1 aromatic heterocycles. The molecule has 0 saturated heterocycles. The number of nitrogens with zero attached hydrogens (tertiary/aromatic N) is 2. The number of halogens is 4. The SMILES string of the molecule is Cl.NC(CC(F)(F)F)c1cnn(-c2ccccc2)c1. The molecule has 0 saturated carbocycles. The molecule has 1 atom stereocenters. The number of hydrogen-bond donors (Lipinski definition) is 1. The summed E-state index contributed by atoms with van der Waals surface area (Å²) < 4.78 is 38.1. The first kappa shape index (κ1) is 15.5. The van der Waals surface area contributed by atoms with Gasteiger partial charge >= 0.3 is 6.18 Å². The molecule has 7 heteroatoms. The van der Waals surface area contributed by atoms with Crippen LogP contribution in [0.2, 0.25) is 0 Å². The van der Waals surface area contributed by atoms with E-state index in [1.54, 1.807) is 0 Å². The Balaban J connectivity index is 0.00000180. The molecule has 0 spiro atoms. The summed E-state index contributed by atoms with van der Waals surface area (Å²) >= 11 is 0. The summed E-state index contributed by atoms with van der Waals surface area (Å²) in [6, 6.07) is 8.04. The predicted molar refractivity (Wildman–Crippen MR) is 68.4 cm³/mol. The van der Waals surface area contributed by atoms with Gasteiger partial charge in [-0.3, -0.25) is 0 Å². The number of para-hydroxylation sites is 1. The zero-order chi connectivity index (χ0) is 13.2. The second-order valence-electron chi connectivity index (χ2n) is 3.98. The van der Waals surface area contributed by atoms with Crippen LogP contribution >= 0.6 is 12.4 Å². The lowest BCUT2D eigenvalue weighted by molar-refractivity contribution is -0.138. The second-order valence-corrected chi connectivity index (χ2v) is 3.98. The first-order valence-corrected chi connectivity index (χ1v) is 5.38. The summed E-state index contributed by atoms with van der Waals surface area (Å²) in [6.45, 7) is 0. The third-order valence-electron chi connectivity index (χ3n) is 2.50. The van der Waals surface area contributed by atoms with E-state index in [0.717, 1.165) is 5.69 Å². The second kappa shape index (κ2) is 6.08. The van der Waals surface area contributed by atoms with Gasteiger partial charge < -0.3 is 5.73 Å². The fourth-order valence-electron chi connectivity index (χ4n) is 1.62. The van der Waals surface area contributed by atoms with Gasteiger partial charge in [-0.1, -0.05) is 18.2 Å². The van der Waals surface area contributed by atoms with Gasteiger partial charge in [0.05, 0.1) is 18.3 Å². The summed E-state index contributed by atoms with van der Waals surface area (Å²) in [5.41, 5.74) is 6.65. The van der Waals surface area contributed by atoms with Crippen LogP contribution in [0.1, 0.15) is 18.0 Å². The van der Waals surface area contributed by atoms with Crippen LogP contribution in [0.3, 0.4) is 0 Å². The lowest BCUT2D eigenvalue weighted by Crippen LogP contribution is -2.19. The van der Waals surface area contributed by atoms with Gasteiger partial charge in [0.25, 0.3) is 0 Å². The molecule has 19 heavy (non-hydrogen) atoms. The van der Waals surface area contributed by atoms with Gasteiger partial charge in [0.1, 0.15) is 0 Å². The van der Waals surface area contributed by atoms with Crippen LogP contribution in [0.15, 0.2) is 42.7 Å². The summed E-state index contributed by atoms with van der Waals surface area (Å²) in [5, 5.41) is 4.01. The summed E-state index contributed by atoms with van der Waals surface area (Å²) in [5.74, 6) is 0. The Kier molecular flexibility index (Phi) is 4.97. The van der Waals surface area contributed by atoms with Crippen molar-refractivity contribution in [3.05, 3.63) is 48.3 Å². The van der Waals surface area contributed by atoms with Crippen LogP contribution in [0, 0.1) is 0 Å². The number of benzene rings is 1. The zero-order valence-electron chi connectivity index (χ0n) is 9.84. The highest BCUT2D eigenvalue weighted by Crippen LogP contribution is 2.27. The maximum absolute atomic E-state index is 12.2. The first-order valence-electron chi connectivity index (χ1n) is 5.38. The smallest absolute Gasteiger partial charge is 0.324 e. The van der Waals surface area contributed by atoms with Crippen molar-refractivity contribution in [3.8, 4) is 5.69 Å². The average molecular weight is 292 g/mol. The van der Waals surface area contributed by atoms with Crippen LogP contribution in [0.25, 0.3) is 5.69 Å². The monoisotopic (exact) mass is 291 g/mol. The number of rotatable bonds is 3. The van der Waals surface area contributed by atoms with Crippen LogP contribution < -0.4 is 5.73 Å². The molecule has 3 nitrogen and oxygen atoms in total. The van der Waals surface area contributed by atoms with Crippen molar-refractivity contribution in [2.75, 3.05) is 0 Å². The maximum atomic E-state index is 12.2. The Labute approximate surface area is 114 Å². The van der Waals surface area contributed by atoms with Crippen molar-refractivity contribution in [1.29, 1.82) is 0 Å². The van der Waals surface area contributed by atoms with Crippen molar-refractivity contribution in [2.24, 2.45) is 5.73 Å². The molecule has 1 heterocycles. The molecular weight excluding hydrogens is 279 g/mol. The van der Waals surface area contributed by atoms with E-state index >= 15 is 0 Å². The molecule has 0 bridgehead atoms. The van der Waals surface area contributed by atoms with Gasteiger partial charge in [0.15, 0.2) is 0 Å². The van der Waals surface area contributed by atoms with E-state index in [1.807, 2.05) is 30.3 Å². The van der Waals surface area contributed by atoms with E-state index in [-0.39, 0.29) is 12.4 Å². The predicted octanol–water partition coefficient (Wildman–Crippen LogP) is 3.25. The van der Waals surface area contributed by atoms with Crippen molar-refractivity contribution in [2.45, 2.75) is 18.6 Å². The van der Waals surface area contributed by atoms with Crippen molar-refractivity contribution in [1.82, 2.24) is 9.78 Å². The van der Waals surface area contributed by atoms with E-state index in [9.17, 15) is 13.2 Å². The Hall–Kier alpha value is -1.53. The summed E-state index contributed by atoms with van der Waals surface area (Å²) in [7, 11) is 0. The van der Waals surface area contributed by atoms with Gasteiger partial charge in [-0.2, -0.15) is 18.3 Å². The number of aromatic nitrogens is 2. The van der Waals surface area contributed by atoms with Crippen LogP contribution in [-0.4, -0.2) is 16.0 Å². The molecule has 1 aromatic carbocycles.